The topological polar surface area (TPSA) is 76.3 Å². The van der Waals surface area contributed by atoms with Gasteiger partial charge in [-0.3, -0.25) is 19.1 Å². The Morgan fingerprint density at radius 2 is 1.61 bits per heavy atom. The lowest BCUT2D eigenvalue weighted by molar-refractivity contribution is -0.130. The number of anilines is 1. The Balaban J connectivity index is 1.59. The molecule has 0 aliphatic carbocycles. The van der Waals surface area contributed by atoms with Crippen molar-refractivity contribution in [1.29, 1.82) is 0 Å². The quantitative estimate of drug-likeness (QED) is 0.523. The van der Waals surface area contributed by atoms with Gasteiger partial charge in [0.15, 0.2) is 0 Å². The number of aromatic nitrogens is 2. The van der Waals surface area contributed by atoms with Crippen LogP contribution in [0.5, 0.6) is 0 Å². The van der Waals surface area contributed by atoms with Crippen molar-refractivity contribution < 1.29 is 9.59 Å². The van der Waals surface area contributed by atoms with E-state index in [1.54, 1.807) is 23.6 Å². The minimum Gasteiger partial charge on any atom is -0.335 e. The lowest BCUT2D eigenvalue weighted by Gasteiger charge is -2.27. The molecule has 7 nitrogen and oxygen atoms in total. The van der Waals surface area contributed by atoms with E-state index in [1.807, 2.05) is 74.5 Å². The van der Waals surface area contributed by atoms with E-state index in [-0.39, 0.29) is 40.6 Å². The zero-order valence-electron chi connectivity index (χ0n) is 19.4. The maximum atomic E-state index is 12.9. The van der Waals surface area contributed by atoms with E-state index in [0.717, 1.165) is 11.3 Å². The van der Waals surface area contributed by atoms with Crippen LogP contribution in [0.15, 0.2) is 65.5 Å². The Hall–Kier alpha value is -3.26. The molecule has 0 saturated heterocycles. The predicted molar refractivity (Wildman–Crippen MR) is 134 cm³/mol. The first-order chi connectivity index (χ1) is 15.8. The number of nitrogens with one attached hydrogen (secondary N) is 1. The van der Waals surface area contributed by atoms with Crippen LogP contribution in [0.4, 0.5) is 5.69 Å². The number of carbonyl (C=O) groups excluding carboxylic acids is 2. The molecule has 0 saturated carbocycles. The third-order valence-corrected chi connectivity index (χ3v) is 6.33. The minimum atomic E-state index is -0.307. The van der Waals surface area contributed by atoms with Crippen LogP contribution >= 0.6 is 11.8 Å². The molecular weight excluding hydrogens is 436 g/mol. The first-order valence-corrected chi connectivity index (χ1v) is 12.0. The minimum absolute atomic E-state index is 0.0195. The molecule has 33 heavy (non-hydrogen) atoms. The molecule has 174 valence electrons. The smallest absolute Gasteiger partial charge is 0.295 e. The molecule has 0 spiro atoms. The van der Waals surface area contributed by atoms with E-state index in [2.05, 4.69) is 5.32 Å². The van der Waals surface area contributed by atoms with Gasteiger partial charge in [-0.05, 0) is 38.5 Å². The molecule has 0 aliphatic heterocycles. The molecule has 3 rings (SSSR count). The average molecular weight is 467 g/mol. The predicted octanol–water partition coefficient (Wildman–Crippen LogP) is 3.59. The van der Waals surface area contributed by atoms with Gasteiger partial charge in [0.1, 0.15) is 5.69 Å². The fourth-order valence-electron chi connectivity index (χ4n) is 3.54. The number of thioether (sulfide) groups is 1. The van der Waals surface area contributed by atoms with E-state index >= 15 is 0 Å². The van der Waals surface area contributed by atoms with Crippen molar-refractivity contribution in [3.63, 3.8) is 0 Å². The van der Waals surface area contributed by atoms with E-state index in [9.17, 15) is 14.4 Å². The summed E-state index contributed by atoms with van der Waals surface area (Å²) in [5, 5.41) is 2.74. The molecule has 0 aliphatic rings. The molecule has 0 bridgehead atoms. The lowest BCUT2D eigenvalue weighted by Crippen LogP contribution is -2.37. The summed E-state index contributed by atoms with van der Waals surface area (Å²) in [4.78, 5) is 40.0. The molecule has 2 aromatic carbocycles. The van der Waals surface area contributed by atoms with Crippen molar-refractivity contribution in [2.45, 2.75) is 33.4 Å². The number of benzene rings is 2. The van der Waals surface area contributed by atoms with Gasteiger partial charge in [0.2, 0.25) is 11.8 Å². The third-order valence-electron chi connectivity index (χ3n) is 5.42. The first-order valence-electron chi connectivity index (χ1n) is 10.8. The molecule has 2 amide bonds. The average Bonchev–Trinajstić information content (AvgIpc) is 3.01. The molecular formula is C25H30N4O3S. The summed E-state index contributed by atoms with van der Waals surface area (Å²) in [7, 11) is 1.78. The van der Waals surface area contributed by atoms with Gasteiger partial charge in [-0.25, -0.2) is 4.68 Å². The monoisotopic (exact) mass is 466 g/mol. The maximum absolute atomic E-state index is 12.9. The van der Waals surface area contributed by atoms with E-state index < -0.39 is 0 Å². The van der Waals surface area contributed by atoms with Gasteiger partial charge in [-0.1, -0.05) is 48.5 Å². The molecule has 1 aromatic heterocycles. The second-order valence-electron chi connectivity index (χ2n) is 8.08. The van der Waals surface area contributed by atoms with Crippen LogP contribution in [0.2, 0.25) is 0 Å². The summed E-state index contributed by atoms with van der Waals surface area (Å²) in [6.45, 7) is 6.28. The third kappa shape index (κ3) is 5.96. The highest BCUT2D eigenvalue weighted by atomic mass is 32.2. The highest BCUT2D eigenvalue weighted by Crippen LogP contribution is 2.15. The largest absolute Gasteiger partial charge is 0.335 e. The fourth-order valence-corrected chi connectivity index (χ4v) is 4.24. The number of carbonyl (C=O) groups is 2. The van der Waals surface area contributed by atoms with Crippen LogP contribution in [0, 0.1) is 6.92 Å². The van der Waals surface area contributed by atoms with Gasteiger partial charge in [-0.15, -0.1) is 11.8 Å². The number of para-hydroxylation sites is 1. The number of hydrogen-bond donors (Lipinski definition) is 1. The second kappa shape index (κ2) is 11.0. The molecule has 1 heterocycles. The zero-order chi connectivity index (χ0) is 24.0. The van der Waals surface area contributed by atoms with Crippen LogP contribution in [-0.4, -0.2) is 43.6 Å². The van der Waals surface area contributed by atoms with Crippen LogP contribution < -0.4 is 10.9 Å². The Morgan fingerprint density at radius 3 is 2.21 bits per heavy atom. The fraction of sp³-hybridized carbons (Fsp3) is 0.320. The number of hydrogen-bond acceptors (Lipinski definition) is 4. The molecule has 3 aromatic rings. The van der Waals surface area contributed by atoms with Crippen molar-refractivity contribution >= 4 is 29.3 Å². The van der Waals surface area contributed by atoms with Gasteiger partial charge in [0, 0.05) is 19.6 Å². The molecule has 0 unspecified atom stereocenters. The van der Waals surface area contributed by atoms with E-state index in [0.29, 0.717) is 12.2 Å². The highest BCUT2D eigenvalue weighted by Gasteiger charge is 2.20. The summed E-state index contributed by atoms with van der Waals surface area (Å²) in [6.07, 6.45) is 0. The van der Waals surface area contributed by atoms with Crippen molar-refractivity contribution in [2.24, 2.45) is 7.05 Å². The summed E-state index contributed by atoms with van der Waals surface area (Å²) >= 11 is 1.25. The molecule has 0 fully saturated rings. The SMILES string of the molecule is Cc1c(NC(=O)CSCC(=O)N(Cc2ccccc2)C(C)C)c(=O)n(-c2ccccc2)n1C. The summed E-state index contributed by atoms with van der Waals surface area (Å²) in [6, 6.07) is 19.2. The van der Waals surface area contributed by atoms with E-state index in [4.69, 9.17) is 0 Å². The maximum Gasteiger partial charge on any atom is 0.295 e. The second-order valence-corrected chi connectivity index (χ2v) is 9.06. The molecule has 8 heteroatoms. The van der Waals surface area contributed by atoms with Crippen LogP contribution in [0.3, 0.4) is 0 Å². The standard InChI is InChI=1S/C25H30N4O3S/c1-18(2)28(15-20-11-7-5-8-12-20)23(31)17-33-16-22(30)26-24-19(3)27(4)29(25(24)32)21-13-9-6-10-14-21/h5-14,18H,15-17H2,1-4H3,(H,26,30). The van der Waals surface area contributed by atoms with Gasteiger partial charge >= 0.3 is 0 Å². The van der Waals surface area contributed by atoms with Crippen LogP contribution in [0.1, 0.15) is 25.1 Å². The van der Waals surface area contributed by atoms with E-state index in [1.165, 1.54) is 16.4 Å². The normalized spacial score (nSPS) is 10.9. The summed E-state index contributed by atoms with van der Waals surface area (Å²) in [5.74, 6) is -0.0466. The first kappa shape index (κ1) is 24.4. The summed E-state index contributed by atoms with van der Waals surface area (Å²) < 4.78 is 3.24. The van der Waals surface area contributed by atoms with Crippen molar-refractivity contribution in [1.82, 2.24) is 14.3 Å². The Labute approximate surface area is 198 Å². The highest BCUT2D eigenvalue weighted by molar-refractivity contribution is 8.00. The van der Waals surface area contributed by atoms with Crippen LogP contribution in [0.25, 0.3) is 5.69 Å². The number of rotatable bonds is 9. The van der Waals surface area contributed by atoms with Crippen LogP contribution in [-0.2, 0) is 23.2 Å². The van der Waals surface area contributed by atoms with Gasteiger partial charge in [-0.2, -0.15) is 0 Å². The number of nitrogens with zero attached hydrogens (tertiary/aromatic N) is 3. The number of amides is 2. The van der Waals surface area contributed by atoms with Gasteiger partial charge in [0.25, 0.3) is 5.56 Å². The lowest BCUT2D eigenvalue weighted by atomic mass is 10.2. The van der Waals surface area contributed by atoms with Crippen molar-refractivity contribution in [2.75, 3.05) is 16.8 Å². The Morgan fingerprint density at radius 1 is 1.00 bits per heavy atom. The molecule has 1 N–H and O–H groups in total. The van der Waals surface area contributed by atoms with Gasteiger partial charge in [0.05, 0.1) is 22.9 Å². The van der Waals surface area contributed by atoms with Gasteiger partial charge < -0.3 is 10.2 Å². The molecule has 0 radical (unpaired) electrons. The Kier molecular flexibility index (Phi) is 8.16. The van der Waals surface area contributed by atoms with Crippen molar-refractivity contribution in [3.8, 4) is 5.69 Å². The Bertz CT molecular complexity index is 1150. The zero-order valence-corrected chi connectivity index (χ0v) is 20.3. The van der Waals surface area contributed by atoms with Crippen molar-refractivity contribution in [3.05, 3.63) is 82.3 Å². The summed E-state index contributed by atoms with van der Waals surface area (Å²) in [5.41, 5.74) is 2.42. The molecule has 0 atom stereocenters.